The first-order valence-electron chi connectivity index (χ1n) is 5.94. The van der Waals surface area contributed by atoms with Crippen LogP contribution < -0.4 is 10.6 Å². The third-order valence-electron chi connectivity index (χ3n) is 2.32. The van der Waals surface area contributed by atoms with E-state index in [1.165, 1.54) is 11.3 Å². The van der Waals surface area contributed by atoms with Gasteiger partial charge in [0.1, 0.15) is 0 Å². The molecule has 106 valence electrons. The van der Waals surface area contributed by atoms with Crippen LogP contribution in [0.5, 0.6) is 0 Å². The third kappa shape index (κ3) is 3.82. The number of carbonyl (C=O) groups is 1. The number of halogens is 2. The number of carbonyl (C=O) groups excluding carboxylic acids is 1. The van der Waals surface area contributed by atoms with E-state index in [1.807, 2.05) is 6.92 Å². The fraction of sp³-hybridized carbons (Fsp3) is 0.250. The number of anilines is 2. The maximum atomic E-state index is 12.0. The molecule has 20 heavy (non-hydrogen) atoms. The Hall–Kier alpha value is -1.37. The van der Waals surface area contributed by atoms with E-state index in [-0.39, 0.29) is 10.9 Å². The lowest BCUT2D eigenvalue weighted by Crippen LogP contribution is -2.11. The maximum absolute atomic E-state index is 12.0. The highest BCUT2D eigenvalue weighted by Crippen LogP contribution is 2.26. The Bertz CT molecular complexity index is 617. The van der Waals surface area contributed by atoms with Crippen molar-refractivity contribution in [3.05, 3.63) is 33.3 Å². The van der Waals surface area contributed by atoms with Crippen molar-refractivity contribution in [1.29, 1.82) is 0 Å². The van der Waals surface area contributed by atoms with Gasteiger partial charge in [-0.2, -0.15) is 0 Å². The molecule has 0 aliphatic heterocycles. The van der Waals surface area contributed by atoms with Crippen LogP contribution in [-0.2, 0) is 0 Å². The van der Waals surface area contributed by atoms with Crippen molar-refractivity contribution in [3.8, 4) is 0 Å². The Kier molecular flexibility index (Phi) is 5.17. The van der Waals surface area contributed by atoms with Crippen LogP contribution in [0.15, 0.2) is 18.2 Å². The van der Waals surface area contributed by atoms with Crippen molar-refractivity contribution in [3.63, 3.8) is 0 Å². The Balaban J connectivity index is 2.06. The summed E-state index contributed by atoms with van der Waals surface area (Å²) in [6, 6.07) is 4.85. The van der Waals surface area contributed by atoms with Gasteiger partial charge in [-0.1, -0.05) is 41.5 Å². The van der Waals surface area contributed by atoms with E-state index < -0.39 is 0 Å². The van der Waals surface area contributed by atoms with E-state index in [1.54, 1.807) is 18.2 Å². The van der Waals surface area contributed by atoms with Crippen LogP contribution in [0, 0.1) is 0 Å². The molecule has 8 heteroatoms. The van der Waals surface area contributed by atoms with Crippen molar-refractivity contribution in [2.45, 2.75) is 13.3 Å². The zero-order valence-electron chi connectivity index (χ0n) is 10.6. The average molecular weight is 331 g/mol. The van der Waals surface area contributed by atoms with E-state index in [0.717, 1.165) is 13.0 Å². The van der Waals surface area contributed by atoms with E-state index in [2.05, 4.69) is 20.8 Å². The van der Waals surface area contributed by atoms with Gasteiger partial charge in [0.25, 0.3) is 5.91 Å². The van der Waals surface area contributed by atoms with Gasteiger partial charge in [-0.15, -0.1) is 10.2 Å². The zero-order chi connectivity index (χ0) is 14.5. The summed E-state index contributed by atoms with van der Waals surface area (Å²) < 4.78 is 0. The molecule has 2 aromatic rings. The molecule has 0 fully saturated rings. The number of benzene rings is 1. The van der Waals surface area contributed by atoms with E-state index in [9.17, 15) is 4.79 Å². The first-order valence-corrected chi connectivity index (χ1v) is 7.51. The van der Waals surface area contributed by atoms with Gasteiger partial charge < -0.3 is 10.6 Å². The lowest BCUT2D eigenvalue weighted by molar-refractivity contribution is 0.102. The molecule has 1 amide bonds. The second kappa shape index (κ2) is 6.88. The molecule has 0 saturated heterocycles. The summed E-state index contributed by atoms with van der Waals surface area (Å²) in [6.45, 7) is 2.84. The van der Waals surface area contributed by atoms with Crippen LogP contribution in [0.25, 0.3) is 0 Å². The molecule has 0 atom stereocenters. The first-order chi connectivity index (χ1) is 9.60. The molecular weight excluding hydrogens is 319 g/mol. The van der Waals surface area contributed by atoms with E-state index in [4.69, 9.17) is 23.2 Å². The van der Waals surface area contributed by atoms with Crippen molar-refractivity contribution < 1.29 is 4.79 Å². The summed E-state index contributed by atoms with van der Waals surface area (Å²) in [5.41, 5.74) is 0.485. The molecule has 0 radical (unpaired) electrons. The minimum atomic E-state index is -0.351. The summed E-state index contributed by atoms with van der Waals surface area (Å²) in [5, 5.41) is 15.3. The van der Waals surface area contributed by atoms with Crippen LogP contribution in [0.1, 0.15) is 23.1 Å². The van der Waals surface area contributed by atoms with Gasteiger partial charge in [0.05, 0.1) is 10.7 Å². The molecule has 0 aliphatic carbocycles. The largest absolute Gasteiger partial charge is 0.360 e. The minimum absolute atomic E-state index is 0.273. The molecule has 2 N–H and O–H groups in total. The van der Waals surface area contributed by atoms with E-state index >= 15 is 0 Å². The molecule has 5 nitrogen and oxygen atoms in total. The summed E-state index contributed by atoms with van der Waals surface area (Å²) >= 11 is 13.0. The normalized spacial score (nSPS) is 10.3. The average Bonchev–Trinajstić information content (AvgIpc) is 2.88. The maximum Gasteiger partial charge on any atom is 0.286 e. The van der Waals surface area contributed by atoms with Gasteiger partial charge in [0.15, 0.2) is 0 Å². The van der Waals surface area contributed by atoms with Gasteiger partial charge in [-0.3, -0.25) is 4.79 Å². The van der Waals surface area contributed by atoms with Gasteiger partial charge in [0, 0.05) is 11.6 Å². The molecule has 1 aromatic carbocycles. The molecule has 0 aliphatic rings. The van der Waals surface area contributed by atoms with Crippen molar-refractivity contribution >= 4 is 51.3 Å². The highest BCUT2D eigenvalue weighted by Gasteiger charge is 2.14. The molecule has 2 rings (SSSR count). The fourth-order valence-electron chi connectivity index (χ4n) is 1.38. The smallest absolute Gasteiger partial charge is 0.286 e. The van der Waals surface area contributed by atoms with Crippen molar-refractivity contribution in [1.82, 2.24) is 10.2 Å². The number of rotatable bonds is 5. The SMILES string of the molecule is CCCNc1nnc(C(=O)Nc2ccc(Cl)cc2Cl)s1. The number of nitrogens with zero attached hydrogens (tertiary/aromatic N) is 2. The Labute approximate surface area is 130 Å². The van der Waals surface area contributed by atoms with Gasteiger partial charge >= 0.3 is 0 Å². The molecule has 0 unspecified atom stereocenters. The lowest BCUT2D eigenvalue weighted by atomic mass is 10.3. The number of nitrogens with one attached hydrogen (secondary N) is 2. The van der Waals surface area contributed by atoms with Gasteiger partial charge in [-0.25, -0.2) is 0 Å². The second-order valence-corrected chi connectivity index (χ2v) is 5.74. The highest BCUT2D eigenvalue weighted by atomic mass is 35.5. The number of hydrogen-bond acceptors (Lipinski definition) is 5. The van der Waals surface area contributed by atoms with Crippen LogP contribution in [0.2, 0.25) is 10.0 Å². The summed E-state index contributed by atoms with van der Waals surface area (Å²) in [7, 11) is 0. The zero-order valence-corrected chi connectivity index (χ0v) is 12.9. The van der Waals surface area contributed by atoms with Gasteiger partial charge in [-0.05, 0) is 24.6 Å². The van der Waals surface area contributed by atoms with E-state index in [0.29, 0.717) is 20.9 Å². The first kappa shape index (κ1) is 15.0. The summed E-state index contributed by atoms with van der Waals surface area (Å²) in [6.07, 6.45) is 0.974. The molecule has 0 saturated carbocycles. The van der Waals surface area contributed by atoms with Gasteiger partial charge in [0.2, 0.25) is 10.1 Å². The molecule has 1 heterocycles. The summed E-state index contributed by atoms with van der Waals surface area (Å²) in [5.74, 6) is -0.351. The topological polar surface area (TPSA) is 66.9 Å². The summed E-state index contributed by atoms with van der Waals surface area (Å²) in [4.78, 5) is 12.0. The van der Waals surface area contributed by atoms with Crippen molar-refractivity contribution in [2.24, 2.45) is 0 Å². The van der Waals surface area contributed by atoms with Crippen LogP contribution >= 0.6 is 34.5 Å². The monoisotopic (exact) mass is 330 g/mol. The fourth-order valence-corrected chi connectivity index (χ4v) is 2.51. The molecule has 0 spiro atoms. The molecular formula is C12H12Cl2N4OS. The van der Waals surface area contributed by atoms with Crippen LogP contribution in [0.3, 0.4) is 0 Å². The highest BCUT2D eigenvalue weighted by molar-refractivity contribution is 7.17. The standard InChI is InChI=1S/C12H12Cl2N4OS/c1-2-5-15-12-18-17-11(20-12)10(19)16-9-4-3-7(13)6-8(9)14/h3-4,6H,2,5H2,1H3,(H,15,18)(H,16,19). The second-order valence-electron chi connectivity index (χ2n) is 3.92. The molecule has 1 aromatic heterocycles. The number of amides is 1. The Morgan fingerprint density at radius 1 is 1.35 bits per heavy atom. The minimum Gasteiger partial charge on any atom is -0.360 e. The quantitative estimate of drug-likeness (QED) is 0.871. The van der Waals surface area contributed by atoms with Crippen molar-refractivity contribution in [2.75, 3.05) is 17.2 Å². The predicted octanol–water partition coefficient (Wildman–Crippen LogP) is 3.92. The predicted molar refractivity (Wildman–Crippen MR) is 83.1 cm³/mol. The molecule has 0 bridgehead atoms. The lowest BCUT2D eigenvalue weighted by Gasteiger charge is -2.05. The number of hydrogen-bond donors (Lipinski definition) is 2. The Morgan fingerprint density at radius 3 is 2.85 bits per heavy atom. The number of aromatic nitrogens is 2. The van der Waals surface area contributed by atoms with Crippen LogP contribution in [-0.4, -0.2) is 22.6 Å². The Morgan fingerprint density at radius 2 is 2.15 bits per heavy atom. The third-order valence-corrected chi connectivity index (χ3v) is 3.75. The van der Waals surface area contributed by atoms with Crippen LogP contribution in [0.4, 0.5) is 10.8 Å².